The maximum atomic E-state index is 8.25. The quantitative estimate of drug-likeness (QED) is 0.356. The van der Waals surface area contributed by atoms with Crippen LogP contribution in [0, 0.1) is 84.1 Å². The van der Waals surface area contributed by atoms with E-state index in [4.69, 9.17) is 46.0 Å². The second-order valence-corrected chi connectivity index (χ2v) is 0.671. The predicted octanol–water partition coefficient (Wildman–Crippen LogP) is -1.54. The fourth-order valence-corrected chi connectivity index (χ4v) is 0. The zero-order valence-electron chi connectivity index (χ0n) is 5.83. The van der Waals surface area contributed by atoms with Gasteiger partial charge in [0.25, 0.3) is 0 Å². The first-order valence-electron chi connectivity index (χ1n) is 1.64. The van der Waals surface area contributed by atoms with E-state index in [2.05, 4.69) is 0 Å². The maximum absolute atomic E-state index is 8.25. The third-order valence-electron chi connectivity index (χ3n) is 0. The average Bonchev–Trinajstić information content (AvgIpc) is 1.54. The van der Waals surface area contributed by atoms with Crippen LogP contribution in [0.15, 0.2) is 0 Å². The minimum Gasteiger partial charge on any atom is -0.412 e. The summed E-state index contributed by atoms with van der Waals surface area (Å²) in [5, 5.41) is 44.2. The Morgan fingerprint density at radius 1 is 0.571 bits per heavy atom. The van der Waals surface area contributed by atoms with Crippen molar-refractivity contribution in [3.63, 3.8) is 0 Å². The van der Waals surface area contributed by atoms with E-state index in [0.717, 1.165) is 0 Å². The second kappa shape index (κ2) is 22.6. The Hall–Kier alpha value is -1.17. The van der Waals surface area contributed by atoms with Crippen molar-refractivity contribution in [3.05, 3.63) is 46.0 Å². The van der Waals surface area contributed by atoms with Gasteiger partial charge in [-0.3, -0.25) is 0 Å². The van der Waals surface area contributed by atoms with Crippen molar-refractivity contribution in [1.29, 1.82) is 0 Å². The zero-order chi connectivity index (χ0) is 10.7. The van der Waals surface area contributed by atoms with E-state index in [1.165, 1.54) is 0 Å². The summed E-state index contributed by atoms with van der Waals surface area (Å²) in [6.07, 6.45) is 0. The molecule has 0 aromatic rings. The van der Waals surface area contributed by atoms with Gasteiger partial charge in [-0.05, 0) is 0 Å². The molecule has 0 aromatic heterocycles. The van der Waals surface area contributed by atoms with Crippen LogP contribution < -0.4 is 0 Å². The first-order chi connectivity index (χ1) is 5.20. The van der Waals surface area contributed by atoms with Crippen LogP contribution in [0.4, 0.5) is 0 Å². The summed E-state index contributed by atoms with van der Waals surface area (Å²) in [7, 11) is 0. The molecule has 0 spiro atoms. The molecule has 0 aliphatic carbocycles. The molecule has 0 saturated carbocycles. The van der Waals surface area contributed by atoms with Gasteiger partial charge >= 0.3 is 38.2 Å². The van der Waals surface area contributed by atoms with E-state index < -0.39 is 15.3 Å². The second-order valence-electron chi connectivity index (χ2n) is 0.671. The molecule has 0 atom stereocenters. The monoisotopic (exact) mass is 368 g/mol. The molecular weight excluding hydrogens is 365 g/mol. The van der Waals surface area contributed by atoms with Crippen molar-refractivity contribution < 1.29 is 58.9 Å². The third-order valence-corrected chi connectivity index (χ3v) is 0. The Labute approximate surface area is 105 Å². The molecule has 87 valence electrons. The van der Waals surface area contributed by atoms with Gasteiger partial charge in [0.15, 0.2) is 0 Å². The van der Waals surface area contributed by atoms with E-state index in [-0.39, 0.29) is 43.6 Å². The van der Waals surface area contributed by atoms with Gasteiger partial charge in [-0.2, -0.15) is 0 Å². The fraction of sp³-hybridized carbons (Fsp3) is 0. The minimum absolute atomic E-state index is 0. The molecule has 0 heterocycles. The molecule has 14 heavy (non-hydrogen) atoms. The van der Waals surface area contributed by atoms with Crippen LogP contribution in [0.2, 0.25) is 0 Å². The molecule has 14 heteroatoms. The molecule has 1 radical (unpaired) electrons. The summed E-state index contributed by atoms with van der Waals surface area (Å²) in [6, 6.07) is 0. The molecule has 0 aliphatic heterocycles. The topological polar surface area (TPSA) is 230 Å². The summed E-state index contributed by atoms with van der Waals surface area (Å²) in [4.78, 5) is 24.8. The van der Waals surface area contributed by atoms with Crippen molar-refractivity contribution in [2.24, 2.45) is 0 Å². The average molecular weight is 367 g/mol. The minimum atomic E-state index is -1.75. The maximum Gasteiger partial charge on any atom is 3.00 e. The van der Waals surface area contributed by atoms with Crippen LogP contribution in [-0.4, -0.2) is 20.7 Å². The largest absolute Gasteiger partial charge is 3.00 e. The zero-order valence-corrected chi connectivity index (χ0v) is 7.86. The molecule has 0 unspecified atom stereocenters. The number of hydrogen-bond acceptors (Lipinski definition) is 9. The molecule has 13 nitrogen and oxygen atoms in total. The van der Waals surface area contributed by atoms with Gasteiger partial charge < -0.3 is 51.4 Å². The standard InChI is InChI=1S/Dy.3NO3.H2O/c;3*2-1(3)4;/h;;;;1H2/q+3;3*-1;. The molecule has 2 N–H and O–H groups in total. The van der Waals surface area contributed by atoms with E-state index in [0.29, 0.717) is 0 Å². The van der Waals surface area contributed by atoms with Gasteiger partial charge in [0.2, 0.25) is 0 Å². The normalized spacial score (nSPS) is 5.14. The molecular formula is H2DyN3O10. The van der Waals surface area contributed by atoms with Crippen LogP contribution in [0.1, 0.15) is 0 Å². The summed E-state index contributed by atoms with van der Waals surface area (Å²) in [5.74, 6) is 0. The molecule has 0 aromatic carbocycles. The number of rotatable bonds is 0. The molecule has 0 aliphatic rings. The Bertz CT molecular complexity index is 113. The molecule has 0 fully saturated rings. The van der Waals surface area contributed by atoms with E-state index in [1.54, 1.807) is 0 Å². The van der Waals surface area contributed by atoms with Crippen LogP contribution in [0.3, 0.4) is 0 Å². The van der Waals surface area contributed by atoms with Crippen molar-refractivity contribution >= 4 is 0 Å². The van der Waals surface area contributed by atoms with E-state index in [1.807, 2.05) is 0 Å². The van der Waals surface area contributed by atoms with Crippen molar-refractivity contribution in [1.82, 2.24) is 0 Å². The van der Waals surface area contributed by atoms with Gasteiger partial charge in [-0.25, -0.2) is 0 Å². The molecule has 0 rings (SSSR count). The van der Waals surface area contributed by atoms with Crippen LogP contribution in [0.25, 0.3) is 0 Å². The van der Waals surface area contributed by atoms with Gasteiger partial charge in [0.1, 0.15) is 0 Å². The predicted molar refractivity (Wildman–Crippen MR) is 34.7 cm³/mol. The number of hydrogen-bond donors (Lipinski definition) is 0. The first-order valence-corrected chi connectivity index (χ1v) is 1.64. The van der Waals surface area contributed by atoms with Crippen LogP contribution in [0.5, 0.6) is 0 Å². The fourth-order valence-electron chi connectivity index (χ4n) is 0. The van der Waals surface area contributed by atoms with Crippen LogP contribution in [-0.2, 0) is 0 Å². The summed E-state index contributed by atoms with van der Waals surface area (Å²) >= 11 is 0. The van der Waals surface area contributed by atoms with E-state index in [9.17, 15) is 0 Å². The third kappa shape index (κ3) is 769. The SMILES string of the molecule is O.O=[N+]([O-])[O-].O=[N+]([O-])[O-].O=[N+]([O-])[O-].[Dy+3]. The summed E-state index contributed by atoms with van der Waals surface area (Å²) in [6.45, 7) is 0. The summed E-state index contributed by atoms with van der Waals surface area (Å²) in [5.41, 5.74) is 0. The molecule has 0 amide bonds. The summed E-state index contributed by atoms with van der Waals surface area (Å²) < 4.78 is 0. The molecule has 0 bridgehead atoms. The Morgan fingerprint density at radius 2 is 0.571 bits per heavy atom. The smallest absolute Gasteiger partial charge is 0.412 e. The Morgan fingerprint density at radius 3 is 0.571 bits per heavy atom. The van der Waals surface area contributed by atoms with Gasteiger partial charge in [0.05, 0.1) is 15.3 Å². The number of nitrogens with zero attached hydrogens (tertiary/aromatic N) is 3. The van der Waals surface area contributed by atoms with Crippen molar-refractivity contribution in [2.45, 2.75) is 0 Å². The van der Waals surface area contributed by atoms with Gasteiger partial charge in [-0.15, -0.1) is 0 Å². The first kappa shape index (κ1) is 29.3. The van der Waals surface area contributed by atoms with Crippen molar-refractivity contribution in [2.75, 3.05) is 0 Å². The van der Waals surface area contributed by atoms with Crippen molar-refractivity contribution in [3.8, 4) is 0 Å². The van der Waals surface area contributed by atoms with Crippen LogP contribution >= 0.6 is 0 Å². The Kier molecular flexibility index (Phi) is 47.3. The van der Waals surface area contributed by atoms with Gasteiger partial charge in [-0.1, -0.05) is 0 Å². The molecule has 0 saturated heterocycles. The van der Waals surface area contributed by atoms with E-state index >= 15 is 0 Å². The van der Waals surface area contributed by atoms with Gasteiger partial charge in [0, 0.05) is 0 Å². The Balaban J connectivity index is -0.0000000270.